The molecule has 4 aromatic carbocycles. The summed E-state index contributed by atoms with van der Waals surface area (Å²) >= 11 is 5.99. The number of phenols is 1. The number of carbonyl (C=O) groups excluding carboxylic acids is 1. The molecular weight excluding hydrogens is 516 g/mol. The number of nitrogens with two attached hydrogens (primary N) is 1. The van der Waals surface area contributed by atoms with E-state index in [9.17, 15) is 19.8 Å². The van der Waals surface area contributed by atoms with Gasteiger partial charge in [-0.3, -0.25) is 4.79 Å². The molecule has 0 aliphatic carbocycles. The fraction of sp³-hybridized carbons (Fsp3) is 0.0968. The van der Waals surface area contributed by atoms with Crippen molar-refractivity contribution in [2.45, 2.75) is 18.9 Å². The zero-order valence-corrected chi connectivity index (χ0v) is 21.5. The van der Waals surface area contributed by atoms with Gasteiger partial charge in [-0.05, 0) is 70.6 Å². The number of halogens is 1. The van der Waals surface area contributed by atoms with E-state index in [0.29, 0.717) is 28.0 Å². The summed E-state index contributed by atoms with van der Waals surface area (Å²) in [5, 5.41) is 23.7. The molecule has 1 amide bonds. The summed E-state index contributed by atoms with van der Waals surface area (Å²) in [4.78, 5) is 25.3. The molecule has 39 heavy (non-hydrogen) atoms. The van der Waals surface area contributed by atoms with Crippen molar-refractivity contribution in [2.75, 3.05) is 5.73 Å². The molecule has 7 nitrogen and oxygen atoms in total. The Labute approximate surface area is 229 Å². The van der Waals surface area contributed by atoms with Gasteiger partial charge in [-0.2, -0.15) is 0 Å². The summed E-state index contributed by atoms with van der Waals surface area (Å²) in [5.74, 6) is -2.01. The Hall–Kier alpha value is -4.75. The van der Waals surface area contributed by atoms with E-state index in [1.807, 2.05) is 54.6 Å². The molecule has 0 bridgehead atoms. The zero-order chi connectivity index (χ0) is 27.5. The number of carboxylic acid groups (broad SMARTS) is 1. The van der Waals surface area contributed by atoms with Crippen LogP contribution in [0, 0.1) is 0 Å². The summed E-state index contributed by atoms with van der Waals surface area (Å²) in [6.07, 6.45) is 0.502. The number of rotatable bonds is 8. The second-order valence-corrected chi connectivity index (χ2v) is 9.68. The molecule has 0 spiro atoms. The van der Waals surface area contributed by atoms with E-state index in [1.54, 1.807) is 30.3 Å². The molecule has 0 aliphatic heterocycles. The fourth-order valence-electron chi connectivity index (χ4n) is 4.54. The van der Waals surface area contributed by atoms with Gasteiger partial charge < -0.3 is 25.7 Å². The molecule has 0 aliphatic rings. The third kappa shape index (κ3) is 5.73. The van der Waals surface area contributed by atoms with Crippen LogP contribution in [0.3, 0.4) is 0 Å². The lowest BCUT2D eigenvalue weighted by molar-refractivity contribution is -0.139. The lowest BCUT2D eigenvalue weighted by Gasteiger charge is -2.17. The van der Waals surface area contributed by atoms with Crippen molar-refractivity contribution >= 4 is 40.1 Å². The molecule has 5 aromatic rings. The Kier molecular flexibility index (Phi) is 7.25. The number of aromatic hydroxyl groups is 1. The van der Waals surface area contributed by atoms with E-state index in [4.69, 9.17) is 21.8 Å². The Balaban J connectivity index is 1.39. The number of nitrogens with one attached hydrogen (secondary N) is 1. The maximum Gasteiger partial charge on any atom is 0.326 e. The van der Waals surface area contributed by atoms with Crippen molar-refractivity contribution in [2.24, 2.45) is 0 Å². The number of hydrogen-bond donors (Lipinski definition) is 4. The van der Waals surface area contributed by atoms with E-state index in [0.717, 1.165) is 22.3 Å². The van der Waals surface area contributed by atoms with Crippen LogP contribution in [0.2, 0.25) is 5.02 Å². The molecule has 0 unspecified atom stereocenters. The first-order chi connectivity index (χ1) is 18.8. The Morgan fingerprint density at radius 2 is 1.62 bits per heavy atom. The molecule has 5 N–H and O–H groups in total. The molecule has 1 aromatic heterocycles. The van der Waals surface area contributed by atoms with Crippen LogP contribution < -0.4 is 11.1 Å². The van der Waals surface area contributed by atoms with Crippen LogP contribution in [-0.4, -0.2) is 28.1 Å². The lowest BCUT2D eigenvalue weighted by Crippen LogP contribution is -2.42. The highest BCUT2D eigenvalue weighted by molar-refractivity contribution is 6.30. The number of benzene rings is 4. The lowest BCUT2D eigenvalue weighted by atomic mass is 9.95. The number of carboxylic acids is 1. The molecule has 0 saturated carbocycles. The molecule has 8 heteroatoms. The van der Waals surface area contributed by atoms with Crippen molar-refractivity contribution in [3.05, 3.63) is 118 Å². The molecule has 1 heterocycles. The molecular formula is C31H25ClN2O5. The van der Waals surface area contributed by atoms with Crippen LogP contribution in [0.4, 0.5) is 5.69 Å². The average Bonchev–Trinajstić information content (AvgIpc) is 3.26. The van der Waals surface area contributed by atoms with Crippen LogP contribution in [0.15, 0.2) is 95.4 Å². The van der Waals surface area contributed by atoms with Gasteiger partial charge in [0.2, 0.25) is 5.76 Å². The van der Waals surface area contributed by atoms with Crippen molar-refractivity contribution in [1.82, 2.24) is 5.32 Å². The van der Waals surface area contributed by atoms with Gasteiger partial charge in [-0.15, -0.1) is 0 Å². The van der Waals surface area contributed by atoms with E-state index < -0.39 is 17.9 Å². The third-order valence-electron chi connectivity index (χ3n) is 6.56. The van der Waals surface area contributed by atoms with Crippen LogP contribution in [0.5, 0.6) is 5.75 Å². The minimum absolute atomic E-state index is 0.00433. The predicted molar refractivity (Wildman–Crippen MR) is 151 cm³/mol. The number of amides is 1. The van der Waals surface area contributed by atoms with Crippen molar-refractivity contribution in [3.8, 4) is 16.9 Å². The van der Waals surface area contributed by atoms with Gasteiger partial charge in [0.05, 0.1) is 5.69 Å². The quantitative estimate of drug-likeness (QED) is 0.189. The second kappa shape index (κ2) is 10.9. The number of aliphatic carboxylic acids is 1. The van der Waals surface area contributed by atoms with Gasteiger partial charge in [-0.25, -0.2) is 4.79 Å². The third-order valence-corrected chi connectivity index (χ3v) is 6.82. The highest BCUT2D eigenvalue weighted by atomic mass is 35.5. The predicted octanol–water partition coefficient (Wildman–Crippen LogP) is 6.06. The largest absolute Gasteiger partial charge is 0.508 e. The summed E-state index contributed by atoms with van der Waals surface area (Å²) in [7, 11) is 0. The Bertz CT molecular complexity index is 1660. The monoisotopic (exact) mass is 540 g/mol. The van der Waals surface area contributed by atoms with Gasteiger partial charge in [0.1, 0.15) is 17.4 Å². The van der Waals surface area contributed by atoms with Gasteiger partial charge in [0.15, 0.2) is 0 Å². The number of hydrogen-bond acceptors (Lipinski definition) is 5. The minimum atomic E-state index is -1.26. The van der Waals surface area contributed by atoms with Gasteiger partial charge in [-0.1, -0.05) is 66.2 Å². The molecule has 0 fully saturated rings. The summed E-state index contributed by atoms with van der Waals surface area (Å²) in [6, 6.07) is 25.8. The first-order valence-electron chi connectivity index (χ1n) is 12.2. The van der Waals surface area contributed by atoms with Crippen molar-refractivity contribution in [1.29, 1.82) is 0 Å². The normalized spacial score (nSPS) is 11.8. The van der Waals surface area contributed by atoms with Gasteiger partial charge in [0.25, 0.3) is 5.91 Å². The Morgan fingerprint density at radius 3 is 2.33 bits per heavy atom. The number of carbonyl (C=O) groups is 2. The standard InChI is InChI=1S/C31H25ClN2O5/c32-23-10-6-19(7-11-23)20-9-13-27-25(16-20)28(33)29(39-27)30(36)34-26(31(37)38)17-21-8-12-24(35)15-22(21)14-18-4-2-1-3-5-18/h1-13,15-16,26,35H,14,17,33H2,(H,34,36)(H,37,38)/t26-/m0/s1. The topological polar surface area (TPSA) is 126 Å². The molecule has 0 radical (unpaired) electrons. The van der Waals surface area contributed by atoms with E-state index >= 15 is 0 Å². The van der Waals surface area contributed by atoms with Crippen LogP contribution in [0.25, 0.3) is 22.1 Å². The van der Waals surface area contributed by atoms with Crippen LogP contribution >= 0.6 is 11.6 Å². The SMILES string of the molecule is Nc1c(C(=O)N[C@@H](Cc2ccc(O)cc2Cc2ccccc2)C(=O)O)oc2ccc(-c3ccc(Cl)cc3)cc12. The Morgan fingerprint density at radius 1 is 0.897 bits per heavy atom. The minimum Gasteiger partial charge on any atom is -0.508 e. The van der Waals surface area contributed by atoms with E-state index in [-0.39, 0.29) is 23.6 Å². The highest BCUT2D eigenvalue weighted by Crippen LogP contribution is 2.33. The molecule has 0 saturated heterocycles. The van der Waals surface area contributed by atoms with Crippen molar-refractivity contribution in [3.63, 3.8) is 0 Å². The summed E-state index contributed by atoms with van der Waals surface area (Å²) in [5.41, 5.74) is 11.1. The van der Waals surface area contributed by atoms with E-state index in [2.05, 4.69) is 5.32 Å². The molecule has 196 valence electrons. The zero-order valence-electron chi connectivity index (χ0n) is 20.7. The fourth-order valence-corrected chi connectivity index (χ4v) is 4.67. The first kappa shape index (κ1) is 25.9. The van der Waals surface area contributed by atoms with Gasteiger partial charge >= 0.3 is 5.97 Å². The average molecular weight is 541 g/mol. The number of phenolic OH excluding ortho intramolecular Hbond substituents is 1. The molecule has 5 rings (SSSR count). The number of anilines is 1. The first-order valence-corrected chi connectivity index (χ1v) is 12.6. The summed E-state index contributed by atoms with van der Waals surface area (Å²) < 4.78 is 5.74. The smallest absolute Gasteiger partial charge is 0.326 e. The van der Waals surface area contributed by atoms with Crippen LogP contribution in [-0.2, 0) is 17.6 Å². The van der Waals surface area contributed by atoms with E-state index in [1.165, 1.54) is 6.07 Å². The highest BCUT2D eigenvalue weighted by Gasteiger charge is 2.26. The number of furan rings is 1. The second-order valence-electron chi connectivity index (χ2n) is 9.25. The van der Waals surface area contributed by atoms with Gasteiger partial charge in [0, 0.05) is 16.8 Å². The number of nitrogen functional groups attached to an aromatic ring is 1. The van der Waals surface area contributed by atoms with Crippen molar-refractivity contribution < 1.29 is 24.2 Å². The molecule has 1 atom stereocenters. The summed E-state index contributed by atoms with van der Waals surface area (Å²) in [6.45, 7) is 0. The van der Waals surface area contributed by atoms with Crippen LogP contribution in [0.1, 0.15) is 27.2 Å². The maximum absolute atomic E-state index is 13.2. The maximum atomic E-state index is 13.2. The number of fused-ring (bicyclic) bond motifs is 1.